The number of non-ortho nitro benzene ring substituents is 1. The Balaban J connectivity index is 3.08. The molecule has 1 rings (SSSR count). The van der Waals surface area contributed by atoms with Crippen LogP contribution >= 0.6 is 11.6 Å². The summed E-state index contributed by atoms with van der Waals surface area (Å²) < 4.78 is 0. The predicted octanol–water partition coefficient (Wildman–Crippen LogP) is 2.22. The minimum absolute atomic E-state index is 0.0195. The standard InChI is InChI=1S/C9H9ClN2O2/c10-9-4-3-8(12(13)14)6-7(9)2-1-5-11/h1-4,6H,5,11H2/b2-1+. The van der Waals surface area contributed by atoms with Gasteiger partial charge < -0.3 is 5.73 Å². The summed E-state index contributed by atoms with van der Waals surface area (Å²) in [6, 6.07) is 4.27. The summed E-state index contributed by atoms with van der Waals surface area (Å²) >= 11 is 5.82. The van der Waals surface area contributed by atoms with Crippen molar-refractivity contribution in [3.8, 4) is 0 Å². The Bertz CT molecular complexity index is 377. The van der Waals surface area contributed by atoms with Crippen molar-refractivity contribution in [1.82, 2.24) is 0 Å². The maximum absolute atomic E-state index is 10.5. The van der Waals surface area contributed by atoms with Crippen LogP contribution in [0.5, 0.6) is 0 Å². The fraction of sp³-hybridized carbons (Fsp3) is 0.111. The Hall–Kier alpha value is -1.39. The van der Waals surface area contributed by atoms with Crippen LogP contribution in [0.2, 0.25) is 5.02 Å². The van der Waals surface area contributed by atoms with E-state index in [1.54, 1.807) is 12.2 Å². The van der Waals surface area contributed by atoms with Gasteiger partial charge in [-0.05, 0) is 11.6 Å². The molecule has 0 radical (unpaired) electrons. The fourth-order valence-corrected chi connectivity index (χ4v) is 1.15. The molecule has 0 spiro atoms. The second kappa shape index (κ2) is 4.74. The van der Waals surface area contributed by atoms with Crippen molar-refractivity contribution < 1.29 is 4.92 Å². The van der Waals surface area contributed by atoms with E-state index in [-0.39, 0.29) is 5.69 Å². The van der Waals surface area contributed by atoms with E-state index in [1.807, 2.05) is 0 Å². The quantitative estimate of drug-likeness (QED) is 0.617. The predicted molar refractivity (Wildman–Crippen MR) is 56.2 cm³/mol. The number of hydrogen-bond donors (Lipinski definition) is 1. The first-order valence-corrected chi connectivity index (χ1v) is 4.33. The van der Waals surface area contributed by atoms with Crippen molar-refractivity contribution in [2.75, 3.05) is 6.54 Å². The zero-order valence-electron chi connectivity index (χ0n) is 7.31. The van der Waals surface area contributed by atoms with Crippen LogP contribution < -0.4 is 5.73 Å². The molecule has 4 nitrogen and oxygen atoms in total. The van der Waals surface area contributed by atoms with E-state index in [4.69, 9.17) is 17.3 Å². The third-order valence-corrected chi connectivity index (χ3v) is 1.97. The molecule has 14 heavy (non-hydrogen) atoms. The summed E-state index contributed by atoms with van der Waals surface area (Å²) in [5, 5.41) is 10.9. The smallest absolute Gasteiger partial charge is 0.270 e. The molecule has 74 valence electrons. The molecule has 0 heterocycles. The highest BCUT2D eigenvalue weighted by Crippen LogP contribution is 2.22. The minimum Gasteiger partial charge on any atom is -0.327 e. The lowest BCUT2D eigenvalue weighted by atomic mass is 10.2. The van der Waals surface area contributed by atoms with Gasteiger partial charge in [0.15, 0.2) is 0 Å². The molecule has 0 aliphatic heterocycles. The van der Waals surface area contributed by atoms with Gasteiger partial charge in [-0.15, -0.1) is 0 Å². The molecule has 2 N–H and O–H groups in total. The average Bonchev–Trinajstić information content (AvgIpc) is 2.16. The highest BCUT2D eigenvalue weighted by molar-refractivity contribution is 6.32. The number of rotatable bonds is 3. The lowest BCUT2D eigenvalue weighted by molar-refractivity contribution is -0.384. The average molecular weight is 213 g/mol. The van der Waals surface area contributed by atoms with Crippen LogP contribution in [0, 0.1) is 10.1 Å². The number of nitro groups is 1. The molecular formula is C9H9ClN2O2. The highest BCUT2D eigenvalue weighted by Gasteiger charge is 2.07. The van der Waals surface area contributed by atoms with Crippen LogP contribution in [0.1, 0.15) is 5.56 Å². The van der Waals surface area contributed by atoms with Crippen molar-refractivity contribution in [2.45, 2.75) is 0 Å². The lowest BCUT2D eigenvalue weighted by Crippen LogP contribution is -1.92. The van der Waals surface area contributed by atoms with Gasteiger partial charge in [0.1, 0.15) is 0 Å². The number of nitrogens with two attached hydrogens (primary N) is 1. The van der Waals surface area contributed by atoms with E-state index in [2.05, 4.69) is 0 Å². The maximum atomic E-state index is 10.5. The zero-order chi connectivity index (χ0) is 10.6. The first-order valence-electron chi connectivity index (χ1n) is 3.95. The third-order valence-electron chi connectivity index (χ3n) is 1.62. The van der Waals surface area contributed by atoms with Gasteiger partial charge in [-0.2, -0.15) is 0 Å². The zero-order valence-corrected chi connectivity index (χ0v) is 8.07. The second-order valence-electron chi connectivity index (χ2n) is 2.60. The number of halogens is 1. The van der Waals surface area contributed by atoms with Gasteiger partial charge in [-0.3, -0.25) is 10.1 Å². The SMILES string of the molecule is NC/C=C/c1cc([N+](=O)[O-])ccc1Cl. The van der Waals surface area contributed by atoms with E-state index < -0.39 is 4.92 Å². The van der Waals surface area contributed by atoms with Gasteiger partial charge in [-0.25, -0.2) is 0 Å². The summed E-state index contributed by atoms with van der Waals surface area (Å²) in [6.07, 6.45) is 3.35. The van der Waals surface area contributed by atoms with E-state index >= 15 is 0 Å². The molecule has 5 heteroatoms. The fourth-order valence-electron chi connectivity index (χ4n) is 0.967. The van der Waals surface area contributed by atoms with Crippen molar-refractivity contribution in [3.05, 3.63) is 45.0 Å². The van der Waals surface area contributed by atoms with Gasteiger partial charge >= 0.3 is 0 Å². The largest absolute Gasteiger partial charge is 0.327 e. The topological polar surface area (TPSA) is 69.2 Å². The van der Waals surface area contributed by atoms with Crippen LogP contribution in [-0.4, -0.2) is 11.5 Å². The Kier molecular flexibility index (Phi) is 3.62. The molecular weight excluding hydrogens is 204 g/mol. The molecule has 1 aromatic rings. The summed E-state index contributed by atoms with van der Waals surface area (Å²) in [4.78, 5) is 9.99. The van der Waals surface area contributed by atoms with Crippen LogP contribution in [0.4, 0.5) is 5.69 Å². The number of benzene rings is 1. The van der Waals surface area contributed by atoms with Crippen LogP contribution in [-0.2, 0) is 0 Å². The molecule has 0 amide bonds. The summed E-state index contributed by atoms with van der Waals surface area (Å²) in [7, 11) is 0. The monoisotopic (exact) mass is 212 g/mol. The van der Waals surface area contributed by atoms with Crippen molar-refractivity contribution in [2.24, 2.45) is 5.73 Å². The van der Waals surface area contributed by atoms with Crippen molar-refractivity contribution in [3.63, 3.8) is 0 Å². The van der Waals surface area contributed by atoms with Crippen molar-refractivity contribution in [1.29, 1.82) is 0 Å². The van der Waals surface area contributed by atoms with Gasteiger partial charge in [0, 0.05) is 23.7 Å². The third kappa shape index (κ3) is 2.55. The van der Waals surface area contributed by atoms with Gasteiger partial charge in [0.25, 0.3) is 5.69 Å². The number of hydrogen-bond acceptors (Lipinski definition) is 3. The summed E-state index contributed by atoms with van der Waals surface area (Å²) in [6.45, 7) is 0.374. The van der Waals surface area contributed by atoms with Crippen molar-refractivity contribution >= 4 is 23.4 Å². The lowest BCUT2D eigenvalue weighted by Gasteiger charge is -1.97. The Morgan fingerprint density at radius 1 is 1.57 bits per heavy atom. The Morgan fingerprint density at radius 3 is 2.86 bits per heavy atom. The molecule has 0 aromatic heterocycles. The first kappa shape index (κ1) is 10.7. The first-order chi connectivity index (χ1) is 6.65. The number of nitrogens with zero attached hydrogens (tertiary/aromatic N) is 1. The van der Waals surface area contributed by atoms with E-state index in [9.17, 15) is 10.1 Å². The maximum Gasteiger partial charge on any atom is 0.270 e. The molecule has 0 bridgehead atoms. The highest BCUT2D eigenvalue weighted by atomic mass is 35.5. The molecule has 0 aliphatic rings. The Morgan fingerprint density at radius 2 is 2.29 bits per heavy atom. The normalized spacial score (nSPS) is 10.7. The second-order valence-corrected chi connectivity index (χ2v) is 3.01. The van der Waals surface area contributed by atoms with Gasteiger partial charge in [-0.1, -0.05) is 23.8 Å². The number of nitro benzene ring substituents is 1. The van der Waals surface area contributed by atoms with Crippen LogP contribution in [0.25, 0.3) is 6.08 Å². The minimum atomic E-state index is -0.462. The summed E-state index contributed by atoms with van der Waals surface area (Å²) in [5.41, 5.74) is 5.88. The van der Waals surface area contributed by atoms with E-state index in [1.165, 1.54) is 18.2 Å². The van der Waals surface area contributed by atoms with Crippen LogP contribution in [0.3, 0.4) is 0 Å². The Labute approximate surface area is 86.1 Å². The molecule has 0 saturated heterocycles. The van der Waals surface area contributed by atoms with Crippen LogP contribution in [0.15, 0.2) is 24.3 Å². The van der Waals surface area contributed by atoms with E-state index in [0.717, 1.165) is 0 Å². The summed E-state index contributed by atoms with van der Waals surface area (Å²) in [5.74, 6) is 0. The molecule has 0 fully saturated rings. The molecule has 1 aromatic carbocycles. The van der Waals surface area contributed by atoms with Gasteiger partial charge in [0.2, 0.25) is 0 Å². The molecule has 0 saturated carbocycles. The molecule has 0 unspecified atom stereocenters. The molecule has 0 atom stereocenters. The molecule has 0 aliphatic carbocycles. The van der Waals surface area contributed by atoms with E-state index in [0.29, 0.717) is 17.1 Å². The van der Waals surface area contributed by atoms with Gasteiger partial charge in [0.05, 0.1) is 4.92 Å².